The van der Waals surface area contributed by atoms with Crippen molar-refractivity contribution in [3.05, 3.63) is 46.9 Å². The molecular formula is C16H19BrN2O2. The fourth-order valence-corrected chi connectivity index (χ4v) is 2.66. The highest BCUT2D eigenvalue weighted by atomic mass is 79.9. The number of nitrogen functional groups attached to an aromatic ring is 1. The molecule has 21 heavy (non-hydrogen) atoms. The van der Waals surface area contributed by atoms with Gasteiger partial charge in [0.05, 0.1) is 13.2 Å². The Kier molecular flexibility index (Phi) is 5.61. The summed E-state index contributed by atoms with van der Waals surface area (Å²) < 4.78 is 0.993. The van der Waals surface area contributed by atoms with E-state index in [4.69, 9.17) is 15.9 Å². The zero-order chi connectivity index (χ0) is 15.2. The second-order valence-corrected chi connectivity index (χ2v) is 5.63. The molecule has 5 heteroatoms. The molecule has 0 aliphatic rings. The van der Waals surface area contributed by atoms with Crippen molar-refractivity contribution >= 4 is 27.3 Å². The number of hydrogen-bond acceptors (Lipinski definition) is 4. The van der Waals surface area contributed by atoms with Gasteiger partial charge in [-0.3, -0.25) is 0 Å². The lowest BCUT2D eigenvalue weighted by molar-refractivity contribution is 0.281. The third-order valence-corrected chi connectivity index (χ3v) is 3.77. The molecule has 0 radical (unpaired) electrons. The molecular weight excluding hydrogens is 332 g/mol. The van der Waals surface area contributed by atoms with Gasteiger partial charge < -0.3 is 20.8 Å². The van der Waals surface area contributed by atoms with Crippen molar-refractivity contribution in [2.45, 2.75) is 0 Å². The number of nitrogens with zero attached hydrogens (tertiary/aromatic N) is 1. The Morgan fingerprint density at radius 2 is 1.71 bits per heavy atom. The maximum Gasteiger partial charge on any atom is 0.0606 e. The molecule has 0 fully saturated rings. The largest absolute Gasteiger partial charge is 0.398 e. The number of hydrogen-bond donors (Lipinski definition) is 3. The number of aliphatic hydroxyl groups excluding tert-OH is 2. The third kappa shape index (κ3) is 3.97. The molecule has 0 spiro atoms. The highest BCUT2D eigenvalue weighted by Gasteiger charge is 2.09. The van der Waals surface area contributed by atoms with E-state index in [-0.39, 0.29) is 13.2 Å². The molecule has 0 heterocycles. The first-order chi connectivity index (χ1) is 10.2. The molecule has 2 aromatic rings. The summed E-state index contributed by atoms with van der Waals surface area (Å²) in [6.07, 6.45) is 0. The van der Waals surface area contributed by atoms with E-state index in [0.717, 1.165) is 21.3 Å². The fraction of sp³-hybridized carbons (Fsp3) is 0.250. The molecule has 0 aliphatic carbocycles. The summed E-state index contributed by atoms with van der Waals surface area (Å²) in [4.78, 5) is 1.93. The minimum Gasteiger partial charge on any atom is -0.398 e. The number of halogens is 1. The van der Waals surface area contributed by atoms with Crippen molar-refractivity contribution in [3.63, 3.8) is 0 Å². The van der Waals surface area contributed by atoms with Crippen LogP contribution < -0.4 is 10.6 Å². The lowest BCUT2D eigenvalue weighted by Crippen LogP contribution is -2.29. The zero-order valence-corrected chi connectivity index (χ0v) is 13.3. The van der Waals surface area contributed by atoms with E-state index < -0.39 is 0 Å². The van der Waals surface area contributed by atoms with Crippen molar-refractivity contribution in [1.82, 2.24) is 0 Å². The quantitative estimate of drug-likeness (QED) is 0.700. The van der Waals surface area contributed by atoms with E-state index >= 15 is 0 Å². The van der Waals surface area contributed by atoms with E-state index in [0.29, 0.717) is 18.8 Å². The van der Waals surface area contributed by atoms with Gasteiger partial charge >= 0.3 is 0 Å². The molecule has 0 saturated carbocycles. The lowest BCUT2D eigenvalue weighted by atomic mass is 10.0. The van der Waals surface area contributed by atoms with Crippen LogP contribution in [0.25, 0.3) is 11.1 Å². The molecule has 0 aromatic heterocycles. The van der Waals surface area contributed by atoms with E-state index in [9.17, 15) is 0 Å². The number of benzene rings is 2. The molecule has 0 saturated heterocycles. The zero-order valence-electron chi connectivity index (χ0n) is 11.7. The van der Waals surface area contributed by atoms with Gasteiger partial charge in [-0.05, 0) is 35.9 Å². The minimum atomic E-state index is 0.0383. The second kappa shape index (κ2) is 7.45. The predicted molar refractivity (Wildman–Crippen MR) is 90.4 cm³/mol. The topological polar surface area (TPSA) is 69.7 Å². The average molecular weight is 351 g/mol. The monoisotopic (exact) mass is 350 g/mol. The van der Waals surface area contributed by atoms with Crippen LogP contribution >= 0.6 is 15.9 Å². The van der Waals surface area contributed by atoms with E-state index in [2.05, 4.69) is 15.9 Å². The van der Waals surface area contributed by atoms with Gasteiger partial charge in [0.15, 0.2) is 0 Å². The summed E-state index contributed by atoms with van der Waals surface area (Å²) in [5.41, 5.74) is 9.68. The van der Waals surface area contributed by atoms with Gasteiger partial charge in [0.1, 0.15) is 0 Å². The number of aliphatic hydroxyl groups is 2. The molecule has 0 unspecified atom stereocenters. The summed E-state index contributed by atoms with van der Waals surface area (Å²) in [5, 5.41) is 18.3. The van der Waals surface area contributed by atoms with Crippen LogP contribution in [0.2, 0.25) is 0 Å². The van der Waals surface area contributed by atoms with Crippen LogP contribution in [-0.2, 0) is 0 Å². The van der Waals surface area contributed by atoms with E-state index in [1.54, 1.807) is 0 Å². The maximum atomic E-state index is 9.15. The Balaban J connectivity index is 2.40. The Labute approximate surface area is 133 Å². The molecule has 4 N–H and O–H groups in total. The van der Waals surface area contributed by atoms with Crippen LogP contribution in [0.4, 0.5) is 11.4 Å². The molecule has 0 aliphatic heterocycles. The van der Waals surface area contributed by atoms with Crippen molar-refractivity contribution in [1.29, 1.82) is 0 Å². The Hall–Kier alpha value is -1.56. The second-order valence-electron chi connectivity index (χ2n) is 4.72. The summed E-state index contributed by atoms with van der Waals surface area (Å²) in [6, 6.07) is 13.7. The summed E-state index contributed by atoms with van der Waals surface area (Å²) in [5.74, 6) is 0. The molecule has 0 atom stereocenters. The highest BCUT2D eigenvalue weighted by Crippen LogP contribution is 2.31. The van der Waals surface area contributed by atoms with Crippen LogP contribution in [0.3, 0.4) is 0 Å². The number of anilines is 2. The molecule has 4 nitrogen and oxygen atoms in total. The van der Waals surface area contributed by atoms with Crippen LogP contribution in [0, 0.1) is 0 Å². The molecule has 2 rings (SSSR count). The lowest BCUT2D eigenvalue weighted by Gasteiger charge is -2.24. The minimum absolute atomic E-state index is 0.0383. The third-order valence-electron chi connectivity index (χ3n) is 3.28. The van der Waals surface area contributed by atoms with Gasteiger partial charge in [-0.15, -0.1) is 0 Å². The fourth-order valence-electron chi connectivity index (χ4n) is 2.26. The SMILES string of the molecule is Nc1ccc(N(CCO)CCO)cc1-c1cccc(Br)c1. The normalized spacial score (nSPS) is 10.6. The highest BCUT2D eigenvalue weighted by molar-refractivity contribution is 9.10. The first kappa shape index (κ1) is 15.8. The standard InChI is InChI=1S/C16H19BrN2O2/c17-13-3-1-2-12(10-13)15-11-14(4-5-16(15)18)19(6-8-20)7-9-21/h1-5,10-11,20-21H,6-9,18H2. The smallest absolute Gasteiger partial charge is 0.0606 e. The molecule has 0 bridgehead atoms. The number of nitrogens with two attached hydrogens (primary N) is 1. The van der Waals surface area contributed by atoms with Gasteiger partial charge in [0.25, 0.3) is 0 Å². The summed E-state index contributed by atoms with van der Waals surface area (Å²) >= 11 is 3.46. The molecule has 0 amide bonds. The van der Waals surface area contributed by atoms with Crippen molar-refractivity contribution < 1.29 is 10.2 Å². The first-order valence-electron chi connectivity index (χ1n) is 6.78. The predicted octanol–water partition coefficient (Wildman–Crippen LogP) is 2.49. The summed E-state index contributed by atoms with van der Waals surface area (Å²) in [7, 11) is 0. The van der Waals surface area contributed by atoms with Crippen molar-refractivity contribution in [2.75, 3.05) is 36.9 Å². The Morgan fingerprint density at radius 3 is 2.33 bits per heavy atom. The maximum absolute atomic E-state index is 9.15. The Morgan fingerprint density at radius 1 is 1.00 bits per heavy atom. The molecule has 2 aromatic carbocycles. The van der Waals surface area contributed by atoms with Gasteiger partial charge in [0, 0.05) is 34.5 Å². The average Bonchev–Trinajstić information content (AvgIpc) is 2.47. The van der Waals surface area contributed by atoms with Crippen molar-refractivity contribution in [2.24, 2.45) is 0 Å². The van der Waals surface area contributed by atoms with Gasteiger partial charge in [-0.2, -0.15) is 0 Å². The summed E-state index contributed by atoms with van der Waals surface area (Å²) in [6.45, 7) is 1.03. The first-order valence-corrected chi connectivity index (χ1v) is 7.57. The van der Waals surface area contributed by atoms with E-state index in [1.165, 1.54) is 0 Å². The molecule has 112 valence electrons. The van der Waals surface area contributed by atoms with Crippen LogP contribution in [-0.4, -0.2) is 36.5 Å². The number of rotatable bonds is 6. The Bertz CT molecular complexity index is 599. The van der Waals surface area contributed by atoms with Crippen molar-refractivity contribution in [3.8, 4) is 11.1 Å². The van der Waals surface area contributed by atoms with Crippen LogP contribution in [0.5, 0.6) is 0 Å². The van der Waals surface area contributed by atoms with Gasteiger partial charge in [-0.1, -0.05) is 28.1 Å². The van der Waals surface area contributed by atoms with Gasteiger partial charge in [-0.25, -0.2) is 0 Å². The van der Waals surface area contributed by atoms with Gasteiger partial charge in [0.2, 0.25) is 0 Å². The van der Waals surface area contributed by atoms with Crippen LogP contribution in [0.15, 0.2) is 46.9 Å². The van der Waals surface area contributed by atoms with Crippen LogP contribution in [0.1, 0.15) is 0 Å². The van der Waals surface area contributed by atoms with E-state index in [1.807, 2.05) is 47.4 Å².